The van der Waals surface area contributed by atoms with Crippen LogP contribution < -0.4 is 0 Å². The molecule has 0 saturated carbocycles. The fraction of sp³-hybridized carbons (Fsp3) is 0.312. The fourth-order valence-corrected chi connectivity index (χ4v) is 4.87. The molecule has 0 bridgehead atoms. The first-order valence-corrected chi connectivity index (χ1v) is 9.30. The summed E-state index contributed by atoms with van der Waals surface area (Å²) in [5.41, 5.74) is 1.34. The minimum Gasteiger partial charge on any atom is -0.360 e. The third kappa shape index (κ3) is 2.56. The normalized spacial score (nSPS) is 16.1. The second kappa shape index (κ2) is 5.78. The Kier molecular flexibility index (Phi) is 3.69. The van der Waals surface area contributed by atoms with Crippen molar-refractivity contribution in [3.05, 3.63) is 48.1 Å². The SMILES string of the molecule is Cc1noc(C)c1S(=O)(=O)N1CC(n2cnnc2-c2ccccc2)C1. The molecule has 3 aromatic rings. The van der Waals surface area contributed by atoms with Crippen LogP contribution in [-0.4, -0.2) is 45.7 Å². The van der Waals surface area contributed by atoms with Crippen LogP contribution in [0.4, 0.5) is 0 Å². The van der Waals surface area contributed by atoms with Crippen LogP contribution in [-0.2, 0) is 10.0 Å². The highest BCUT2D eigenvalue weighted by Gasteiger charge is 2.41. The van der Waals surface area contributed by atoms with E-state index in [0.717, 1.165) is 11.4 Å². The summed E-state index contributed by atoms with van der Waals surface area (Å²) in [5.74, 6) is 1.05. The van der Waals surface area contributed by atoms with E-state index < -0.39 is 10.0 Å². The average molecular weight is 359 g/mol. The molecule has 1 saturated heterocycles. The maximum absolute atomic E-state index is 12.8. The molecule has 1 aliphatic heterocycles. The van der Waals surface area contributed by atoms with Crippen molar-refractivity contribution < 1.29 is 12.9 Å². The smallest absolute Gasteiger partial charge is 0.248 e. The van der Waals surface area contributed by atoms with Crippen LogP contribution in [0.15, 0.2) is 46.1 Å². The Bertz CT molecular complexity index is 984. The molecule has 0 unspecified atom stereocenters. The summed E-state index contributed by atoms with van der Waals surface area (Å²) in [6.45, 7) is 3.97. The lowest BCUT2D eigenvalue weighted by Crippen LogP contribution is -2.50. The maximum Gasteiger partial charge on any atom is 0.248 e. The van der Waals surface area contributed by atoms with E-state index in [9.17, 15) is 8.42 Å². The van der Waals surface area contributed by atoms with Crippen molar-refractivity contribution in [1.29, 1.82) is 0 Å². The van der Waals surface area contributed by atoms with E-state index in [2.05, 4.69) is 15.4 Å². The molecule has 130 valence electrons. The maximum atomic E-state index is 12.8. The number of aryl methyl sites for hydroxylation is 2. The van der Waals surface area contributed by atoms with Gasteiger partial charge in [-0.3, -0.25) is 0 Å². The van der Waals surface area contributed by atoms with E-state index in [-0.39, 0.29) is 10.9 Å². The first kappa shape index (κ1) is 16.0. The highest BCUT2D eigenvalue weighted by molar-refractivity contribution is 7.89. The molecule has 2 aromatic heterocycles. The van der Waals surface area contributed by atoms with Crippen LogP contribution in [0.1, 0.15) is 17.5 Å². The highest BCUT2D eigenvalue weighted by atomic mass is 32.2. The van der Waals surface area contributed by atoms with E-state index in [1.165, 1.54) is 4.31 Å². The van der Waals surface area contributed by atoms with Gasteiger partial charge in [0.15, 0.2) is 11.6 Å². The van der Waals surface area contributed by atoms with E-state index in [0.29, 0.717) is 24.5 Å². The van der Waals surface area contributed by atoms with Crippen molar-refractivity contribution in [2.45, 2.75) is 24.8 Å². The Balaban J connectivity index is 1.57. The highest BCUT2D eigenvalue weighted by Crippen LogP contribution is 2.33. The van der Waals surface area contributed by atoms with Crippen LogP contribution >= 0.6 is 0 Å². The van der Waals surface area contributed by atoms with Crippen molar-refractivity contribution in [1.82, 2.24) is 24.2 Å². The topological polar surface area (TPSA) is 94.1 Å². The van der Waals surface area contributed by atoms with Gasteiger partial charge in [0.2, 0.25) is 10.0 Å². The lowest BCUT2D eigenvalue weighted by atomic mass is 10.1. The van der Waals surface area contributed by atoms with Crippen LogP contribution in [0, 0.1) is 13.8 Å². The second-order valence-corrected chi connectivity index (χ2v) is 7.93. The molecule has 9 heteroatoms. The van der Waals surface area contributed by atoms with Gasteiger partial charge in [-0.15, -0.1) is 10.2 Å². The summed E-state index contributed by atoms with van der Waals surface area (Å²) in [6, 6.07) is 9.72. The largest absolute Gasteiger partial charge is 0.360 e. The number of hydrogen-bond acceptors (Lipinski definition) is 6. The van der Waals surface area contributed by atoms with Crippen LogP contribution in [0.5, 0.6) is 0 Å². The van der Waals surface area contributed by atoms with Gasteiger partial charge >= 0.3 is 0 Å². The van der Waals surface area contributed by atoms with Gasteiger partial charge in [0.1, 0.15) is 16.9 Å². The number of sulfonamides is 1. The van der Waals surface area contributed by atoms with E-state index in [4.69, 9.17) is 4.52 Å². The Labute approximate surface area is 145 Å². The zero-order valence-corrected chi connectivity index (χ0v) is 14.6. The van der Waals surface area contributed by atoms with Gasteiger partial charge in [-0.2, -0.15) is 4.31 Å². The van der Waals surface area contributed by atoms with Gasteiger partial charge in [0.05, 0.1) is 6.04 Å². The van der Waals surface area contributed by atoms with Crippen molar-refractivity contribution in [3.63, 3.8) is 0 Å². The number of aromatic nitrogens is 4. The van der Waals surface area contributed by atoms with Gasteiger partial charge in [0.25, 0.3) is 0 Å². The summed E-state index contributed by atoms with van der Waals surface area (Å²) >= 11 is 0. The first-order chi connectivity index (χ1) is 12.0. The van der Waals surface area contributed by atoms with E-state index >= 15 is 0 Å². The summed E-state index contributed by atoms with van der Waals surface area (Å²) < 4.78 is 33.9. The number of benzene rings is 1. The molecule has 0 N–H and O–H groups in total. The monoisotopic (exact) mass is 359 g/mol. The van der Waals surface area contributed by atoms with Crippen LogP contribution in [0.25, 0.3) is 11.4 Å². The molecule has 8 nitrogen and oxygen atoms in total. The molecule has 1 aliphatic rings. The minimum atomic E-state index is -3.60. The van der Waals surface area contributed by atoms with Gasteiger partial charge in [-0.1, -0.05) is 35.5 Å². The van der Waals surface area contributed by atoms with Gasteiger partial charge < -0.3 is 9.09 Å². The van der Waals surface area contributed by atoms with Crippen LogP contribution in [0.2, 0.25) is 0 Å². The summed E-state index contributed by atoms with van der Waals surface area (Å²) in [5, 5.41) is 11.9. The third-order valence-electron chi connectivity index (χ3n) is 4.39. The first-order valence-electron chi connectivity index (χ1n) is 7.86. The minimum absolute atomic E-state index is 0.000420. The Morgan fingerprint density at radius 3 is 2.52 bits per heavy atom. The lowest BCUT2D eigenvalue weighted by molar-refractivity contribution is 0.205. The van der Waals surface area contributed by atoms with Crippen molar-refractivity contribution >= 4 is 10.0 Å². The van der Waals surface area contributed by atoms with Gasteiger partial charge in [-0.25, -0.2) is 8.42 Å². The summed E-state index contributed by atoms with van der Waals surface area (Å²) in [7, 11) is -3.60. The van der Waals surface area contributed by atoms with Crippen molar-refractivity contribution in [3.8, 4) is 11.4 Å². The third-order valence-corrected chi connectivity index (χ3v) is 6.47. The quantitative estimate of drug-likeness (QED) is 0.705. The number of rotatable bonds is 4. The predicted molar refractivity (Wildman–Crippen MR) is 89.2 cm³/mol. The van der Waals surface area contributed by atoms with E-state index in [1.54, 1.807) is 20.2 Å². The van der Waals surface area contributed by atoms with Crippen LogP contribution in [0.3, 0.4) is 0 Å². The number of nitrogens with zero attached hydrogens (tertiary/aromatic N) is 5. The standard InChI is InChI=1S/C16H17N5O3S/c1-11-15(12(2)24-19-11)25(22,23)20-8-14(9-20)21-10-17-18-16(21)13-6-4-3-5-7-13/h3-7,10,14H,8-9H2,1-2H3. The average Bonchev–Trinajstić information content (AvgIpc) is 3.14. The molecule has 0 spiro atoms. The van der Waals surface area contributed by atoms with Crippen molar-refractivity contribution in [2.75, 3.05) is 13.1 Å². The second-order valence-electron chi connectivity index (χ2n) is 6.06. The predicted octanol–water partition coefficient (Wildman–Crippen LogP) is 1.80. The number of hydrogen-bond donors (Lipinski definition) is 0. The van der Waals surface area contributed by atoms with Gasteiger partial charge in [0, 0.05) is 18.7 Å². The molecule has 4 rings (SSSR count). The van der Waals surface area contributed by atoms with E-state index in [1.807, 2.05) is 34.9 Å². The molecule has 0 amide bonds. The molecule has 1 fully saturated rings. The molecule has 0 atom stereocenters. The molecular weight excluding hydrogens is 342 g/mol. The fourth-order valence-electron chi connectivity index (χ4n) is 3.06. The Hall–Kier alpha value is -2.52. The summed E-state index contributed by atoms with van der Waals surface area (Å²) in [6.07, 6.45) is 1.65. The zero-order valence-electron chi connectivity index (χ0n) is 13.8. The van der Waals surface area contributed by atoms with Crippen molar-refractivity contribution in [2.24, 2.45) is 0 Å². The molecule has 0 aliphatic carbocycles. The zero-order chi connectivity index (χ0) is 17.6. The molecule has 0 radical (unpaired) electrons. The Morgan fingerprint density at radius 1 is 1.16 bits per heavy atom. The molecule has 1 aromatic carbocycles. The lowest BCUT2D eigenvalue weighted by Gasteiger charge is -2.38. The molecule has 25 heavy (non-hydrogen) atoms. The molecular formula is C16H17N5O3S. The summed E-state index contributed by atoms with van der Waals surface area (Å²) in [4.78, 5) is 0.165. The Morgan fingerprint density at radius 2 is 1.88 bits per heavy atom. The van der Waals surface area contributed by atoms with Gasteiger partial charge in [-0.05, 0) is 13.8 Å². The molecule has 3 heterocycles.